The molecule has 2 heterocycles. The Bertz CT molecular complexity index is 1060. The van der Waals surface area contributed by atoms with Crippen LogP contribution in [0.3, 0.4) is 0 Å². The monoisotopic (exact) mass is 340 g/mol. The Hall–Kier alpha value is -3.73. The van der Waals surface area contributed by atoms with Crippen LogP contribution in [0.1, 0.15) is 0 Å². The van der Waals surface area contributed by atoms with Gasteiger partial charge in [-0.05, 0) is 47.2 Å². The topological polar surface area (TPSA) is 66.9 Å². The Morgan fingerprint density at radius 2 is 1.58 bits per heavy atom. The lowest BCUT2D eigenvalue weighted by atomic mass is 10.1. The van der Waals surface area contributed by atoms with Crippen molar-refractivity contribution < 1.29 is 4.79 Å². The van der Waals surface area contributed by atoms with Crippen molar-refractivity contribution >= 4 is 28.3 Å². The number of carbonyl (C=O) groups is 1. The summed E-state index contributed by atoms with van der Waals surface area (Å²) in [6.07, 6.45) is 3.42. The smallest absolute Gasteiger partial charge is 0.308 e. The molecule has 0 radical (unpaired) electrons. The maximum atomic E-state index is 12.3. The highest BCUT2D eigenvalue weighted by molar-refractivity contribution is 6.00. The second-order valence-electron chi connectivity index (χ2n) is 5.79. The average Bonchev–Trinajstić information content (AvgIpc) is 2.69. The van der Waals surface area contributed by atoms with Crippen molar-refractivity contribution in [1.82, 2.24) is 9.97 Å². The molecule has 5 nitrogen and oxygen atoms in total. The Morgan fingerprint density at radius 3 is 2.42 bits per heavy atom. The van der Waals surface area contributed by atoms with E-state index in [0.29, 0.717) is 5.82 Å². The normalized spacial score (nSPS) is 10.5. The zero-order valence-corrected chi connectivity index (χ0v) is 13.9. The number of nitrogens with zero attached hydrogens (tertiary/aromatic N) is 2. The Labute approximate surface area is 150 Å². The summed E-state index contributed by atoms with van der Waals surface area (Å²) in [4.78, 5) is 20.8. The molecule has 2 N–H and O–H groups in total. The summed E-state index contributed by atoms with van der Waals surface area (Å²) in [6.45, 7) is 0. The number of aromatic nitrogens is 2. The fourth-order valence-electron chi connectivity index (χ4n) is 2.73. The number of urea groups is 1. The van der Waals surface area contributed by atoms with Gasteiger partial charge in [-0.15, -0.1) is 0 Å². The zero-order chi connectivity index (χ0) is 17.8. The molecule has 4 rings (SSSR count). The summed E-state index contributed by atoms with van der Waals surface area (Å²) in [5.74, 6) is 0.484. The number of amides is 2. The number of benzene rings is 2. The highest BCUT2D eigenvalue weighted by Gasteiger charge is 2.06. The van der Waals surface area contributed by atoms with Crippen LogP contribution in [0.5, 0.6) is 0 Å². The lowest BCUT2D eigenvalue weighted by Gasteiger charge is -2.09. The molecule has 126 valence electrons. The molecule has 0 atom stereocenters. The molecule has 4 aromatic rings. The molecular formula is C21H16N4O. The molecule has 0 aliphatic carbocycles. The molecule has 0 aliphatic rings. The van der Waals surface area contributed by atoms with Crippen molar-refractivity contribution in [2.45, 2.75) is 0 Å². The van der Waals surface area contributed by atoms with Crippen LogP contribution in [-0.2, 0) is 0 Å². The summed E-state index contributed by atoms with van der Waals surface area (Å²) < 4.78 is 0. The van der Waals surface area contributed by atoms with Crippen molar-refractivity contribution in [2.24, 2.45) is 0 Å². The summed E-state index contributed by atoms with van der Waals surface area (Å²) in [7, 11) is 0. The predicted molar refractivity (Wildman–Crippen MR) is 104 cm³/mol. The van der Waals surface area contributed by atoms with Crippen molar-refractivity contribution in [2.75, 3.05) is 10.6 Å². The van der Waals surface area contributed by atoms with Crippen LogP contribution in [0, 0.1) is 0 Å². The minimum Gasteiger partial charge on any atom is -0.308 e. The second kappa shape index (κ2) is 7.03. The van der Waals surface area contributed by atoms with Gasteiger partial charge < -0.3 is 5.32 Å². The largest absolute Gasteiger partial charge is 0.324 e. The van der Waals surface area contributed by atoms with Crippen LogP contribution >= 0.6 is 0 Å². The zero-order valence-electron chi connectivity index (χ0n) is 13.9. The van der Waals surface area contributed by atoms with Crippen LogP contribution in [0.15, 0.2) is 85.2 Å². The number of rotatable bonds is 3. The maximum absolute atomic E-state index is 12.3. The third-order valence-electron chi connectivity index (χ3n) is 3.97. The standard InChI is InChI=1S/C21H16N4O/c26-21(23-18-9-8-15-4-1-2-5-17(15)14-18)25-20-7-3-6-19(24-20)16-10-12-22-13-11-16/h1-14H,(H2,23,24,25,26). The Balaban J connectivity index is 1.49. The van der Waals surface area contributed by atoms with E-state index in [0.717, 1.165) is 27.7 Å². The Kier molecular flexibility index (Phi) is 4.26. The van der Waals surface area contributed by atoms with Gasteiger partial charge in [0.2, 0.25) is 0 Å². The van der Waals surface area contributed by atoms with Gasteiger partial charge in [-0.1, -0.05) is 36.4 Å². The van der Waals surface area contributed by atoms with Gasteiger partial charge in [0.05, 0.1) is 5.69 Å². The molecule has 0 saturated carbocycles. The average molecular weight is 340 g/mol. The van der Waals surface area contributed by atoms with E-state index in [-0.39, 0.29) is 6.03 Å². The molecule has 0 fully saturated rings. The van der Waals surface area contributed by atoms with E-state index in [9.17, 15) is 4.79 Å². The van der Waals surface area contributed by atoms with Crippen LogP contribution in [0.25, 0.3) is 22.0 Å². The van der Waals surface area contributed by atoms with E-state index in [1.165, 1.54) is 0 Å². The minimum atomic E-state index is -0.334. The second-order valence-corrected chi connectivity index (χ2v) is 5.79. The fraction of sp³-hybridized carbons (Fsp3) is 0. The van der Waals surface area contributed by atoms with E-state index < -0.39 is 0 Å². The molecule has 2 amide bonds. The van der Waals surface area contributed by atoms with Gasteiger partial charge in [-0.25, -0.2) is 9.78 Å². The summed E-state index contributed by atoms with van der Waals surface area (Å²) in [6, 6.07) is 22.7. The van der Waals surface area contributed by atoms with Gasteiger partial charge in [0.25, 0.3) is 0 Å². The first kappa shape index (κ1) is 15.8. The van der Waals surface area contributed by atoms with Crippen LogP contribution < -0.4 is 10.6 Å². The van der Waals surface area contributed by atoms with Gasteiger partial charge in [-0.3, -0.25) is 10.3 Å². The first-order chi connectivity index (χ1) is 12.8. The molecule has 0 bridgehead atoms. The van der Waals surface area contributed by atoms with E-state index in [2.05, 4.69) is 20.6 Å². The SMILES string of the molecule is O=C(Nc1ccc2ccccc2c1)Nc1cccc(-c2ccncc2)n1. The number of hydrogen-bond acceptors (Lipinski definition) is 3. The van der Waals surface area contributed by atoms with Gasteiger partial charge in [-0.2, -0.15) is 0 Å². The highest BCUT2D eigenvalue weighted by Crippen LogP contribution is 2.20. The van der Waals surface area contributed by atoms with Crippen molar-refractivity contribution in [3.8, 4) is 11.3 Å². The Morgan fingerprint density at radius 1 is 0.769 bits per heavy atom. The molecular weight excluding hydrogens is 324 g/mol. The number of hydrogen-bond donors (Lipinski definition) is 2. The molecule has 0 unspecified atom stereocenters. The van der Waals surface area contributed by atoms with Crippen LogP contribution in [0.4, 0.5) is 16.3 Å². The molecule has 0 aliphatic heterocycles. The number of carbonyl (C=O) groups excluding carboxylic acids is 1. The number of nitrogens with one attached hydrogen (secondary N) is 2. The molecule has 5 heteroatoms. The van der Waals surface area contributed by atoms with Crippen LogP contribution in [-0.4, -0.2) is 16.0 Å². The van der Waals surface area contributed by atoms with Gasteiger partial charge in [0.15, 0.2) is 0 Å². The molecule has 2 aromatic heterocycles. The van der Waals surface area contributed by atoms with Crippen molar-refractivity contribution in [3.63, 3.8) is 0 Å². The quantitative estimate of drug-likeness (QED) is 0.555. The molecule has 0 spiro atoms. The maximum Gasteiger partial charge on any atom is 0.324 e. The fourth-order valence-corrected chi connectivity index (χ4v) is 2.73. The lowest BCUT2D eigenvalue weighted by molar-refractivity contribution is 0.262. The predicted octanol–water partition coefficient (Wildman–Crippen LogP) is 4.94. The highest BCUT2D eigenvalue weighted by atomic mass is 16.2. The van der Waals surface area contributed by atoms with E-state index in [4.69, 9.17) is 0 Å². The summed E-state index contributed by atoms with van der Waals surface area (Å²) in [5.41, 5.74) is 2.45. The summed E-state index contributed by atoms with van der Waals surface area (Å²) in [5, 5.41) is 7.82. The van der Waals surface area contributed by atoms with Gasteiger partial charge in [0.1, 0.15) is 5.82 Å². The molecule has 0 saturated heterocycles. The molecule has 2 aromatic carbocycles. The lowest BCUT2D eigenvalue weighted by Crippen LogP contribution is -2.20. The third-order valence-corrected chi connectivity index (χ3v) is 3.97. The third kappa shape index (κ3) is 3.52. The number of pyridine rings is 2. The minimum absolute atomic E-state index is 0.334. The summed E-state index contributed by atoms with van der Waals surface area (Å²) >= 11 is 0. The van der Waals surface area contributed by atoms with Crippen LogP contribution in [0.2, 0.25) is 0 Å². The van der Waals surface area contributed by atoms with E-state index >= 15 is 0 Å². The van der Waals surface area contributed by atoms with Gasteiger partial charge in [0, 0.05) is 23.6 Å². The van der Waals surface area contributed by atoms with E-state index in [1.54, 1.807) is 18.5 Å². The number of fused-ring (bicyclic) bond motifs is 1. The van der Waals surface area contributed by atoms with E-state index in [1.807, 2.05) is 66.7 Å². The first-order valence-electron chi connectivity index (χ1n) is 8.22. The van der Waals surface area contributed by atoms with Crippen molar-refractivity contribution in [3.05, 3.63) is 85.2 Å². The first-order valence-corrected chi connectivity index (χ1v) is 8.22. The molecule has 26 heavy (non-hydrogen) atoms. The van der Waals surface area contributed by atoms with Gasteiger partial charge >= 0.3 is 6.03 Å². The van der Waals surface area contributed by atoms with Crippen molar-refractivity contribution in [1.29, 1.82) is 0 Å². The number of anilines is 2.